The van der Waals surface area contributed by atoms with Crippen molar-refractivity contribution in [2.75, 3.05) is 21.3 Å². The normalized spacial score (nSPS) is 11.7. The highest BCUT2D eigenvalue weighted by Gasteiger charge is 2.16. The fourth-order valence-electron chi connectivity index (χ4n) is 1.94. The Kier molecular flexibility index (Phi) is 6.81. The van der Waals surface area contributed by atoms with Gasteiger partial charge in [-0.25, -0.2) is 0 Å². The van der Waals surface area contributed by atoms with Crippen molar-refractivity contribution >= 4 is 5.91 Å². The van der Waals surface area contributed by atoms with Crippen molar-refractivity contribution < 1.29 is 19.0 Å². The van der Waals surface area contributed by atoms with Crippen LogP contribution in [-0.2, 0) is 11.3 Å². The zero-order chi connectivity index (χ0) is 15.8. The average molecular weight is 296 g/mol. The second kappa shape index (κ2) is 8.36. The maximum absolute atomic E-state index is 11.7. The Balaban J connectivity index is 2.77. The number of nitrogens with two attached hydrogens (primary N) is 1. The van der Waals surface area contributed by atoms with Crippen molar-refractivity contribution in [1.29, 1.82) is 0 Å². The summed E-state index contributed by atoms with van der Waals surface area (Å²) < 4.78 is 15.9. The number of methoxy groups -OCH3 is 3. The zero-order valence-electron chi connectivity index (χ0n) is 13.1. The van der Waals surface area contributed by atoms with E-state index in [0.29, 0.717) is 36.6 Å². The maximum atomic E-state index is 11.7. The van der Waals surface area contributed by atoms with Crippen LogP contribution in [0.1, 0.15) is 25.3 Å². The number of benzene rings is 1. The monoisotopic (exact) mass is 296 g/mol. The molecule has 3 N–H and O–H groups in total. The van der Waals surface area contributed by atoms with Gasteiger partial charge in [-0.1, -0.05) is 0 Å². The second-order valence-electron chi connectivity index (χ2n) is 4.79. The predicted molar refractivity (Wildman–Crippen MR) is 80.8 cm³/mol. The standard InChI is InChI=1S/C15H24N2O4/c1-10(16)5-8-13(18)17-9-11-6-7-12(19-2)15(21-4)14(11)20-3/h6-7,10H,5,8-9,16H2,1-4H3,(H,17,18). The van der Waals surface area contributed by atoms with E-state index in [-0.39, 0.29) is 11.9 Å². The quantitative estimate of drug-likeness (QED) is 0.759. The first-order chi connectivity index (χ1) is 10.0. The molecule has 1 atom stereocenters. The molecule has 1 rings (SSSR count). The van der Waals surface area contributed by atoms with Gasteiger partial charge in [-0.2, -0.15) is 0 Å². The van der Waals surface area contributed by atoms with Gasteiger partial charge < -0.3 is 25.3 Å². The number of amides is 1. The van der Waals surface area contributed by atoms with Crippen LogP contribution in [0.25, 0.3) is 0 Å². The largest absolute Gasteiger partial charge is 0.493 e. The van der Waals surface area contributed by atoms with Crippen LogP contribution in [0.5, 0.6) is 17.2 Å². The summed E-state index contributed by atoms with van der Waals surface area (Å²) in [5.41, 5.74) is 6.46. The summed E-state index contributed by atoms with van der Waals surface area (Å²) in [6.07, 6.45) is 1.07. The van der Waals surface area contributed by atoms with Crippen molar-refractivity contribution in [1.82, 2.24) is 5.32 Å². The number of hydrogen-bond acceptors (Lipinski definition) is 5. The fraction of sp³-hybridized carbons (Fsp3) is 0.533. The smallest absolute Gasteiger partial charge is 0.220 e. The zero-order valence-corrected chi connectivity index (χ0v) is 13.1. The highest BCUT2D eigenvalue weighted by Crippen LogP contribution is 2.39. The van der Waals surface area contributed by atoms with Gasteiger partial charge in [0.15, 0.2) is 11.5 Å². The van der Waals surface area contributed by atoms with E-state index in [4.69, 9.17) is 19.9 Å². The Labute approximate surface area is 125 Å². The minimum atomic E-state index is -0.0378. The summed E-state index contributed by atoms with van der Waals surface area (Å²) in [6.45, 7) is 2.24. The molecule has 0 aliphatic carbocycles. The van der Waals surface area contributed by atoms with Crippen LogP contribution in [0.15, 0.2) is 12.1 Å². The molecule has 118 valence electrons. The summed E-state index contributed by atoms with van der Waals surface area (Å²) in [6, 6.07) is 3.64. The van der Waals surface area contributed by atoms with Crippen molar-refractivity contribution in [2.24, 2.45) is 5.73 Å². The number of carbonyl (C=O) groups excluding carboxylic acids is 1. The Morgan fingerprint density at radius 2 is 1.86 bits per heavy atom. The van der Waals surface area contributed by atoms with Crippen LogP contribution in [0.4, 0.5) is 0 Å². The van der Waals surface area contributed by atoms with Gasteiger partial charge in [0, 0.05) is 24.6 Å². The third-order valence-electron chi connectivity index (χ3n) is 3.09. The molecular weight excluding hydrogens is 272 g/mol. The van der Waals surface area contributed by atoms with E-state index in [9.17, 15) is 4.79 Å². The number of ether oxygens (including phenoxy) is 3. The Morgan fingerprint density at radius 3 is 2.38 bits per heavy atom. The number of rotatable bonds is 8. The van der Waals surface area contributed by atoms with E-state index in [1.165, 1.54) is 0 Å². The number of nitrogens with one attached hydrogen (secondary N) is 1. The highest BCUT2D eigenvalue weighted by molar-refractivity contribution is 5.76. The molecule has 1 unspecified atom stereocenters. The lowest BCUT2D eigenvalue weighted by Crippen LogP contribution is -2.25. The van der Waals surface area contributed by atoms with Gasteiger partial charge in [-0.3, -0.25) is 4.79 Å². The molecule has 0 bridgehead atoms. The SMILES string of the molecule is COc1ccc(CNC(=O)CCC(C)N)c(OC)c1OC. The van der Waals surface area contributed by atoms with Crippen LogP contribution in [0.2, 0.25) is 0 Å². The van der Waals surface area contributed by atoms with Gasteiger partial charge in [0.1, 0.15) is 0 Å². The van der Waals surface area contributed by atoms with E-state index in [1.807, 2.05) is 13.0 Å². The number of hydrogen-bond donors (Lipinski definition) is 2. The summed E-state index contributed by atoms with van der Waals surface area (Å²) in [5, 5.41) is 2.85. The van der Waals surface area contributed by atoms with E-state index in [1.54, 1.807) is 27.4 Å². The molecule has 0 fully saturated rings. The van der Waals surface area contributed by atoms with Crippen molar-refractivity contribution in [3.05, 3.63) is 17.7 Å². The molecule has 1 amide bonds. The van der Waals surface area contributed by atoms with Crippen LogP contribution in [0, 0.1) is 0 Å². The van der Waals surface area contributed by atoms with Crippen molar-refractivity contribution in [3.63, 3.8) is 0 Å². The van der Waals surface area contributed by atoms with Gasteiger partial charge in [0.2, 0.25) is 11.7 Å². The van der Waals surface area contributed by atoms with E-state index in [2.05, 4.69) is 5.32 Å². The maximum Gasteiger partial charge on any atom is 0.220 e. The minimum absolute atomic E-state index is 0.0198. The highest BCUT2D eigenvalue weighted by atomic mass is 16.5. The van der Waals surface area contributed by atoms with Gasteiger partial charge in [0.25, 0.3) is 0 Å². The van der Waals surface area contributed by atoms with Gasteiger partial charge >= 0.3 is 0 Å². The molecule has 0 aliphatic heterocycles. The molecule has 6 nitrogen and oxygen atoms in total. The molecule has 0 aromatic heterocycles. The molecule has 0 spiro atoms. The third kappa shape index (κ3) is 4.82. The van der Waals surface area contributed by atoms with E-state index >= 15 is 0 Å². The topological polar surface area (TPSA) is 82.8 Å². The lowest BCUT2D eigenvalue weighted by atomic mass is 10.1. The van der Waals surface area contributed by atoms with E-state index < -0.39 is 0 Å². The lowest BCUT2D eigenvalue weighted by molar-refractivity contribution is -0.121. The summed E-state index contributed by atoms with van der Waals surface area (Å²) in [4.78, 5) is 11.7. The Morgan fingerprint density at radius 1 is 1.19 bits per heavy atom. The first-order valence-electron chi connectivity index (χ1n) is 6.83. The predicted octanol–water partition coefficient (Wildman–Crippen LogP) is 1.46. The van der Waals surface area contributed by atoms with E-state index in [0.717, 1.165) is 5.56 Å². The summed E-state index contributed by atoms with van der Waals surface area (Å²) in [5.74, 6) is 1.62. The summed E-state index contributed by atoms with van der Waals surface area (Å²) in [7, 11) is 4.66. The van der Waals surface area contributed by atoms with Crippen LogP contribution >= 0.6 is 0 Å². The molecule has 0 saturated heterocycles. The molecule has 0 saturated carbocycles. The molecule has 0 radical (unpaired) electrons. The molecule has 1 aromatic carbocycles. The average Bonchev–Trinajstić information content (AvgIpc) is 2.49. The van der Waals surface area contributed by atoms with Crippen molar-refractivity contribution in [2.45, 2.75) is 32.4 Å². The molecule has 21 heavy (non-hydrogen) atoms. The van der Waals surface area contributed by atoms with Gasteiger partial charge in [0.05, 0.1) is 21.3 Å². The number of carbonyl (C=O) groups is 1. The third-order valence-corrected chi connectivity index (χ3v) is 3.09. The second-order valence-corrected chi connectivity index (χ2v) is 4.79. The lowest BCUT2D eigenvalue weighted by Gasteiger charge is -2.16. The fourth-order valence-corrected chi connectivity index (χ4v) is 1.94. The first kappa shape index (κ1) is 17.1. The minimum Gasteiger partial charge on any atom is -0.493 e. The summed E-state index contributed by atoms with van der Waals surface area (Å²) >= 11 is 0. The molecule has 6 heteroatoms. The molecule has 0 heterocycles. The van der Waals surface area contributed by atoms with Crippen LogP contribution in [0.3, 0.4) is 0 Å². The molecule has 1 aromatic rings. The Bertz CT molecular complexity index is 475. The van der Waals surface area contributed by atoms with Crippen LogP contribution in [-0.4, -0.2) is 33.3 Å². The first-order valence-corrected chi connectivity index (χ1v) is 6.83. The Hall–Kier alpha value is -1.95. The molecular formula is C15H24N2O4. The van der Waals surface area contributed by atoms with Gasteiger partial charge in [-0.15, -0.1) is 0 Å². The van der Waals surface area contributed by atoms with Crippen molar-refractivity contribution in [3.8, 4) is 17.2 Å². The van der Waals surface area contributed by atoms with Crippen LogP contribution < -0.4 is 25.3 Å². The van der Waals surface area contributed by atoms with Gasteiger partial charge in [-0.05, 0) is 25.5 Å². The molecule has 0 aliphatic rings.